The van der Waals surface area contributed by atoms with Crippen molar-refractivity contribution < 1.29 is 4.74 Å². The van der Waals surface area contributed by atoms with Crippen molar-refractivity contribution in [3.63, 3.8) is 0 Å². The Morgan fingerprint density at radius 2 is 1.39 bits per heavy atom. The van der Waals surface area contributed by atoms with Crippen molar-refractivity contribution in [1.82, 2.24) is 0 Å². The molecule has 0 atom stereocenters. The van der Waals surface area contributed by atoms with Gasteiger partial charge in [0.15, 0.2) is 0 Å². The fourth-order valence-corrected chi connectivity index (χ4v) is 1.84. The summed E-state index contributed by atoms with van der Waals surface area (Å²) < 4.78 is 5.07. The van der Waals surface area contributed by atoms with Gasteiger partial charge in [-0.1, -0.05) is 77.6 Å². The van der Waals surface area contributed by atoms with Crippen molar-refractivity contribution >= 4 is 0 Å². The van der Waals surface area contributed by atoms with Crippen molar-refractivity contribution in [1.29, 1.82) is 0 Å². The molecule has 0 saturated carbocycles. The molecule has 0 saturated heterocycles. The second kappa shape index (κ2) is 16.4. The molecule has 0 bridgehead atoms. The number of hydrogen-bond donors (Lipinski definition) is 0. The van der Waals surface area contributed by atoms with Gasteiger partial charge in [-0.3, -0.25) is 0 Å². The van der Waals surface area contributed by atoms with E-state index in [0.717, 1.165) is 19.3 Å². The summed E-state index contributed by atoms with van der Waals surface area (Å²) in [7, 11) is 0. The Kier molecular flexibility index (Phi) is 15.8. The molecule has 0 heterocycles. The van der Waals surface area contributed by atoms with Crippen molar-refractivity contribution in [2.45, 2.75) is 90.9 Å². The van der Waals surface area contributed by atoms with Crippen LogP contribution >= 0.6 is 0 Å². The molecule has 0 fully saturated rings. The summed E-state index contributed by atoms with van der Waals surface area (Å²) in [5.41, 5.74) is 0. The van der Waals surface area contributed by atoms with Gasteiger partial charge in [-0.25, -0.2) is 0 Å². The van der Waals surface area contributed by atoms with Gasteiger partial charge in [0.05, 0.1) is 0 Å². The van der Waals surface area contributed by atoms with Gasteiger partial charge in [-0.05, 0) is 12.8 Å². The molecule has 0 aromatic heterocycles. The second-order valence-corrected chi connectivity index (χ2v) is 4.93. The van der Waals surface area contributed by atoms with E-state index in [1.54, 1.807) is 6.61 Å². The second-order valence-electron chi connectivity index (χ2n) is 4.93. The largest absolute Gasteiger partial charge is 0.439 e. The van der Waals surface area contributed by atoms with E-state index in [4.69, 9.17) is 4.74 Å². The standard InChI is InChI=1S/C17H31O/c1-3-5-7-8-9-10-11-12-13-14-15-17-18-16-6-4-2/h16H,3-14H2,1-2H3. The summed E-state index contributed by atoms with van der Waals surface area (Å²) in [6.07, 6.45) is 18.2. The van der Waals surface area contributed by atoms with E-state index in [1.807, 2.05) is 0 Å². The monoisotopic (exact) mass is 251 g/mol. The molecule has 0 N–H and O–H groups in total. The third-order valence-electron chi connectivity index (χ3n) is 3.03. The van der Waals surface area contributed by atoms with Crippen molar-refractivity contribution in [3.05, 3.63) is 6.61 Å². The van der Waals surface area contributed by atoms with E-state index in [9.17, 15) is 0 Å². The van der Waals surface area contributed by atoms with Crippen LogP contribution in [0.3, 0.4) is 0 Å². The van der Waals surface area contributed by atoms with E-state index in [2.05, 4.69) is 25.9 Å². The minimum Gasteiger partial charge on any atom is -0.439 e. The van der Waals surface area contributed by atoms with Crippen LogP contribution in [-0.2, 0) is 4.74 Å². The Labute approximate surface area is 115 Å². The smallest absolute Gasteiger partial charge is 0.148 e. The highest BCUT2D eigenvalue weighted by atomic mass is 16.5. The van der Waals surface area contributed by atoms with Gasteiger partial charge in [0, 0.05) is 6.42 Å². The summed E-state index contributed by atoms with van der Waals surface area (Å²) >= 11 is 0. The van der Waals surface area contributed by atoms with E-state index < -0.39 is 0 Å². The van der Waals surface area contributed by atoms with Gasteiger partial charge >= 0.3 is 0 Å². The number of hydrogen-bond acceptors (Lipinski definition) is 1. The lowest BCUT2D eigenvalue weighted by atomic mass is 10.1. The topological polar surface area (TPSA) is 9.23 Å². The highest BCUT2D eigenvalue weighted by molar-refractivity contribution is 4.91. The predicted molar refractivity (Wildman–Crippen MR) is 79.9 cm³/mol. The van der Waals surface area contributed by atoms with Gasteiger partial charge in [0.25, 0.3) is 0 Å². The SMILES string of the molecule is CCC[CH]OC#CCCCCCCCCCCC. The molecular formula is C17H31O. The molecule has 1 heteroatoms. The normalized spacial score (nSPS) is 9.89. The first kappa shape index (κ1) is 17.4. The first-order valence-corrected chi connectivity index (χ1v) is 7.87. The average Bonchev–Trinajstić information content (AvgIpc) is 2.39. The van der Waals surface area contributed by atoms with Gasteiger partial charge in [0.2, 0.25) is 0 Å². The Balaban J connectivity index is 3.02. The minimum atomic E-state index is 0.982. The fraction of sp³-hybridized carbons (Fsp3) is 0.824. The molecule has 0 aromatic rings. The molecule has 105 valence electrons. The molecule has 0 aliphatic carbocycles. The Morgan fingerprint density at radius 3 is 2.00 bits per heavy atom. The fourth-order valence-electron chi connectivity index (χ4n) is 1.84. The molecule has 0 unspecified atom stereocenters. The van der Waals surface area contributed by atoms with Crippen LogP contribution in [0.1, 0.15) is 90.9 Å². The molecular weight excluding hydrogens is 220 g/mol. The molecule has 0 amide bonds. The molecule has 0 aromatic carbocycles. The average molecular weight is 251 g/mol. The van der Waals surface area contributed by atoms with Gasteiger partial charge in [-0.15, -0.1) is 0 Å². The van der Waals surface area contributed by atoms with E-state index >= 15 is 0 Å². The Bertz CT molecular complexity index is 199. The lowest BCUT2D eigenvalue weighted by Gasteiger charge is -2.00. The number of ether oxygens (including phenoxy) is 1. The number of rotatable bonds is 12. The molecule has 0 rings (SSSR count). The van der Waals surface area contributed by atoms with Crippen molar-refractivity contribution in [2.75, 3.05) is 0 Å². The zero-order chi connectivity index (χ0) is 13.3. The van der Waals surface area contributed by atoms with Gasteiger partial charge < -0.3 is 4.74 Å². The third-order valence-corrected chi connectivity index (χ3v) is 3.03. The lowest BCUT2D eigenvalue weighted by Crippen LogP contribution is -1.81. The van der Waals surface area contributed by atoms with E-state index in [1.165, 1.54) is 57.8 Å². The zero-order valence-electron chi connectivity index (χ0n) is 12.5. The number of unbranched alkanes of at least 4 members (excludes halogenated alkanes) is 10. The highest BCUT2D eigenvalue weighted by Gasteiger charge is 1.91. The molecule has 18 heavy (non-hydrogen) atoms. The maximum absolute atomic E-state index is 5.07. The van der Waals surface area contributed by atoms with Crippen LogP contribution in [-0.4, -0.2) is 0 Å². The molecule has 0 spiro atoms. The molecule has 1 radical (unpaired) electrons. The van der Waals surface area contributed by atoms with Gasteiger partial charge in [-0.2, -0.15) is 0 Å². The van der Waals surface area contributed by atoms with Crippen LogP contribution in [0.5, 0.6) is 0 Å². The maximum atomic E-state index is 5.07. The molecule has 1 nitrogen and oxygen atoms in total. The van der Waals surface area contributed by atoms with Crippen LogP contribution in [0.25, 0.3) is 0 Å². The Morgan fingerprint density at radius 1 is 0.778 bits per heavy atom. The quantitative estimate of drug-likeness (QED) is 0.312. The molecule has 0 aliphatic heterocycles. The Hall–Kier alpha value is -0.640. The summed E-state index contributed by atoms with van der Waals surface area (Å²) in [6, 6.07) is 0. The zero-order valence-corrected chi connectivity index (χ0v) is 12.5. The highest BCUT2D eigenvalue weighted by Crippen LogP contribution is 2.10. The summed E-state index contributed by atoms with van der Waals surface area (Å²) in [5, 5.41) is 0. The summed E-state index contributed by atoms with van der Waals surface area (Å²) in [4.78, 5) is 0. The minimum absolute atomic E-state index is 0.982. The van der Waals surface area contributed by atoms with Crippen LogP contribution < -0.4 is 0 Å². The first-order chi connectivity index (χ1) is 8.91. The van der Waals surface area contributed by atoms with Crippen LogP contribution in [0.4, 0.5) is 0 Å². The van der Waals surface area contributed by atoms with Crippen LogP contribution in [0.15, 0.2) is 0 Å². The van der Waals surface area contributed by atoms with Crippen LogP contribution in [0.2, 0.25) is 0 Å². The van der Waals surface area contributed by atoms with Gasteiger partial charge in [0.1, 0.15) is 12.7 Å². The first-order valence-electron chi connectivity index (χ1n) is 7.87. The maximum Gasteiger partial charge on any atom is 0.148 e. The summed E-state index contributed by atoms with van der Waals surface area (Å²) in [6.45, 7) is 6.20. The van der Waals surface area contributed by atoms with Crippen LogP contribution in [0, 0.1) is 18.6 Å². The third kappa shape index (κ3) is 15.4. The van der Waals surface area contributed by atoms with Crippen molar-refractivity contribution in [3.8, 4) is 12.0 Å². The van der Waals surface area contributed by atoms with E-state index in [-0.39, 0.29) is 0 Å². The lowest BCUT2D eigenvalue weighted by molar-refractivity contribution is 0.350. The van der Waals surface area contributed by atoms with Crippen molar-refractivity contribution in [2.24, 2.45) is 0 Å². The summed E-state index contributed by atoms with van der Waals surface area (Å²) in [5.74, 6) is 3.06. The van der Waals surface area contributed by atoms with E-state index in [0.29, 0.717) is 0 Å². The molecule has 0 aliphatic rings. The predicted octanol–water partition coefficient (Wildman–Crippen LogP) is 5.85.